The number of nitriles is 1. The standard InChI is InChI=1S/C32H23N5O/c33-20-25(32-34-29-16-7-8-17-30(29)35-32)18-26-21-37(27-13-5-2-6-14-27)36-31(26)24-12-9-15-28(19-24)38-22-23-10-3-1-4-11-23/h1-19,21H,22H2,(H,34,35)/b25-18-. The van der Waals surface area contributed by atoms with Crippen molar-refractivity contribution in [3.63, 3.8) is 0 Å². The normalized spacial score (nSPS) is 11.4. The maximum Gasteiger partial charge on any atom is 0.149 e. The van der Waals surface area contributed by atoms with E-state index in [2.05, 4.69) is 16.0 Å². The van der Waals surface area contributed by atoms with Gasteiger partial charge in [-0.15, -0.1) is 0 Å². The van der Waals surface area contributed by atoms with Crippen LogP contribution in [0.1, 0.15) is 17.0 Å². The number of nitrogens with one attached hydrogen (secondary N) is 1. The van der Waals surface area contributed by atoms with Gasteiger partial charge < -0.3 is 9.72 Å². The van der Waals surface area contributed by atoms with Gasteiger partial charge in [0.05, 0.1) is 22.3 Å². The molecule has 0 atom stereocenters. The molecule has 0 fully saturated rings. The van der Waals surface area contributed by atoms with Gasteiger partial charge in [0.15, 0.2) is 0 Å². The van der Waals surface area contributed by atoms with E-state index in [0.717, 1.165) is 44.9 Å². The Labute approximate surface area is 220 Å². The van der Waals surface area contributed by atoms with Crippen LogP contribution in [0.25, 0.3) is 39.6 Å². The summed E-state index contributed by atoms with van der Waals surface area (Å²) in [7, 11) is 0. The molecule has 0 unspecified atom stereocenters. The molecular weight excluding hydrogens is 470 g/mol. The van der Waals surface area contributed by atoms with Crippen molar-refractivity contribution in [1.82, 2.24) is 19.7 Å². The molecule has 0 saturated carbocycles. The van der Waals surface area contributed by atoms with Crippen molar-refractivity contribution >= 4 is 22.7 Å². The molecule has 2 aromatic heterocycles. The quantitative estimate of drug-likeness (QED) is 0.242. The molecule has 0 aliphatic carbocycles. The second kappa shape index (κ2) is 10.3. The van der Waals surface area contributed by atoms with E-state index in [1.807, 2.05) is 126 Å². The predicted molar refractivity (Wildman–Crippen MR) is 149 cm³/mol. The largest absolute Gasteiger partial charge is 0.489 e. The second-order valence-electron chi connectivity index (χ2n) is 8.79. The van der Waals surface area contributed by atoms with Crippen molar-refractivity contribution in [2.24, 2.45) is 0 Å². The first kappa shape index (κ1) is 23.0. The number of H-pyrrole nitrogens is 1. The van der Waals surface area contributed by atoms with Crippen LogP contribution in [-0.2, 0) is 6.61 Å². The Balaban J connectivity index is 1.41. The Morgan fingerprint density at radius 2 is 1.66 bits per heavy atom. The summed E-state index contributed by atoms with van der Waals surface area (Å²) in [5.74, 6) is 1.26. The summed E-state index contributed by atoms with van der Waals surface area (Å²) < 4.78 is 7.90. The third-order valence-corrected chi connectivity index (χ3v) is 6.18. The van der Waals surface area contributed by atoms with Gasteiger partial charge in [0, 0.05) is 17.3 Å². The zero-order valence-corrected chi connectivity index (χ0v) is 20.5. The molecule has 2 heterocycles. The topological polar surface area (TPSA) is 79.5 Å². The predicted octanol–water partition coefficient (Wildman–Crippen LogP) is 7.06. The Bertz CT molecular complexity index is 1740. The third kappa shape index (κ3) is 4.81. The maximum atomic E-state index is 10.0. The molecule has 4 aromatic carbocycles. The van der Waals surface area contributed by atoms with Crippen LogP contribution in [0.5, 0.6) is 5.75 Å². The van der Waals surface area contributed by atoms with E-state index in [1.54, 1.807) is 0 Å². The second-order valence-corrected chi connectivity index (χ2v) is 8.79. The van der Waals surface area contributed by atoms with Crippen molar-refractivity contribution in [2.75, 3.05) is 0 Å². The lowest BCUT2D eigenvalue weighted by atomic mass is 10.1. The summed E-state index contributed by atoms with van der Waals surface area (Å²) in [6.07, 6.45) is 3.76. The van der Waals surface area contributed by atoms with Crippen molar-refractivity contribution in [2.45, 2.75) is 6.61 Å². The first-order valence-electron chi connectivity index (χ1n) is 12.3. The molecule has 6 nitrogen and oxygen atoms in total. The molecule has 6 aromatic rings. The molecule has 0 aliphatic heterocycles. The number of ether oxygens (including phenoxy) is 1. The van der Waals surface area contributed by atoms with E-state index in [4.69, 9.17) is 9.84 Å². The highest BCUT2D eigenvalue weighted by Gasteiger charge is 2.15. The van der Waals surface area contributed by atoms with Crippen LogP contribution in [0.2, 0.25) is 0 Å². The number of para-hydroxylation sites is 3. The zero-order valence-electron chi connectivity index (χ0n) is 20.5. The average Bonchev–Trinajstić information content (AvgIpc) is 3.60. The van der Waals surface area contributed by atoms with Crippen LogP contribution in [0.3, 0.4) is 0 Å². The summed E-state index contributed by atoms with van der Waals surface area (Å²) >= 11 is 0. The molecule has 182 valence electrons. The summed E-state index contributed by atoms with van der Waals surface area (Å²) in [5, 5.41) is 15.0. The van der Waals surface area contributed by atoms with Crippen LogP contribution in [0.15, 0.2) is 115 Å². The fourth-order valence-corrected chi connectivity index (χ4v) is 4.29. The first-order valence-corrected chi connectivity index (χ1v) is 12.3. The first-order chi connectivity index (χ1) is 18.8. The number of aromatic nitrogens is 4. The van der Waals surface area contributed by atoms with Gasteiger partial charge in [-0.3, -0.25) is 0 Å². The van der Waals surface area contributed by atoms with Crippen LogP contribution >= 0.6 is 0 Å². The molecular formula is C32H23N5O. The number of hydrogen-bond acceptors (Lipinski definition) is 4. The molecule has 0 saturated heterocycles. The van der Waals surface area contributed by atoms with Gasteiger partial charge in [-0.2, -0.15) is 10.4 Å². The molecule has 0 spiro atoms. The molecule has 0 bridgehead atoms. The molecule has 6 heteroatoms. The number of rotatable bonds is 7. The number of allylic oxidation sites excluding steroid dienone is 1. The minimum Gasteiger partial charge on any atom is -0.489 e. The number of benzene rings is 4. The van der Waals surface area contributed by atoms with Crippen LogP contribution in [-0.4, -0.2) is 19.7 Å². The van der Waals surface area contributed by atoms with Gasteiger partial charge in [-0.25, -0.2) is 9.67 Å². The molecule has 0 amide bonds. The maximum absolute atomic E-state index is 10.0. The van der Waals surface area contributed by atoms with E-state index in [1.165, 1.54) is 0 Å². The van der Waals surface area contributed by atoms with E-state index in [0.29, 0.717) is 18.0 Å². The number of hydrogen-bond donors (Lipinski definition) is 1. The number of imidazole rings is 1. The lowest BCUT2D eigenvalue weighted by Crippen LogP contribution is -1.96. The van der Waals surface area contributed by atoms with E-state index in [9.17, 15) is 5.26 Å². The Kier molecular flexibility index (Phi) is 6.23. The van der Waals surface area contributed by atoms with Crippen LogP contribution in [0.4, 0.5) is 0 Å². The summed E-state index contributed by atoms with van der Waals surface area (Å²) in [6, 6.07) is 37.9. The number of nitrogens with zero attached hydrogens (tertiary/aromatic N) is 4. The lowest BCUT2D eigenvalue weighted by molar-refractivity contribution is 0.306. The molecule has 0 aliphatic rings. The fraction of sp³-hybridized carbons (Fsp3) is 0.0312. The van der Waals surface area contributed by atoms with Gasteiger partial charge in [0.1, 0.15) is 29.9 Å². The molecule has 6 rings (SSSR count). The Morgan fingerprint density at radius 3 is 2.45 bits per heavy atom. The molecule has 1 N–H and O–H groups in total. The SMILES string of the molecule is N#C/C(=C/c1cn(-c2ccccc2)nc1-c1cccc(OCc2ccccc2)c1)c1nc2ccccc2[nH]1. The fourth-order valence-electron chi connectivity index (χ4n) is 4.29. The van der Waals surface area contributed by atoms with E-state index >= 15 is 0 Å². The summed E-state index contributed by atoms with van der Waals surface area (Å²) in [5.41, 5.74) is 6.56. The van der Waals surface area contributed by atoms with Crippen molar-refractivity contribution in [3.05, 3.63) is 132 Å². The Morgan fingerprint density at radius 1 is 0.895 bits per heavy atom. The minimum absolute atomic E-state index is 0.423. The average molecular weight is 494 g/mol. The van der Waals surface area contributed by atoms with Crippen LogP contribution in [0, 0.1) is 11.3 Å². The highest BCUT2D eigenvalue weighted by atomic mass is 16.5. The van der Waals surface area contributed by atoms with Gasteiger partial charge in [-0.05, 0) is 48.0 Å². The minimum atomic E-state index is 0.423. The van der Waals surface area contributed by atoms with Crippen LogP contribution < -0.4 is 4.74 Å². The number of fused-ring (bicyclic) bond motifs is 1. The lowest BCUT2D eigenvalue weighted by Gasteiger charge is -2.08. The van der Waals surface area contributed by atoms with E-state index < -0.39 is 0 Å². The van der Waals surface area contributed by atoms with Gasteiger partial charge >= 0.3 is 0 Å². The van der Waals surface area contributed by atoms with Gasteiger partial charge in [-0.1, -0.05) is 72.8 Å². The van der Waals surface area contributed by atoms with Crippen molar-refractivity contribution < 1.29 is 4.74 Å². The number of aromatic amines is 1. The van der Waals surface area contributed by atoms with Crippen molar-refractivity contribution in [3.8, 4) is 28.8 Å². The molecule has 38 heavy (non-hydrogen) atoms. The molecule has 0 radical (unpaired) electrons. The summed E-state index contributed by atoms with van der Waals surface area (Å²) in [4.78, 5) is 7.88. The Hall–Kier alpha value is -5.41. The smallest absolute Gasteiger partial charge is 0.149 e. The highest BCUT2D eigenvalue weighted by Crippen LogP contribution is 2.30. The van der Waals surface area contributed by atoms with E-state index in [-0.39, 0.29) is 0 Å². The monoisotopic (exact) mass is 493 g/mol. The zero-order chi connectivity index (χ0) is 25.7. The van der Waals surface area contributed by atoms with Gasteiger partial charge in [0.25, 0.3) is 0 Å². The highest BCUT2D eigenvalue weighted by molar-refractivity contribution is 5.92. The van der Waals surface area contributed by atoms with Crippen molar-refractivity contribution in [1.29, 1.82) is 5.26 Å². The summed E-state index contributed by atoms with van der Waals surface area (Å²) in [6.45, 7) is 0.472. The van der Waals surface area contributed by atoms with Gasteiger partial charge in [0.2, 0.25) is 0 Å². The third-order valence-electron chi connectivity index (χ3n) is 6.18.